The van der Waals surface area contributed by atoms with Crippen LogP contribution in [0.4, 0.5) is 0 Å². The Bertz CT molecular complexity index is 398. The molecular weight excluding hydrogens is 357 g/mol. The number of esters is 1. The molecule has 0 bridgehead atoms. The van der Waals surface area contributed by atoms with Gasteiger partial charge in [-0.2, -0.15) is 0 Å². The molecule has 108 valence electrons. The van der Waals surface area contributed by atoms with E-state index in [4.69, 9.17) is 9.47 Å². The number of nitrogens with zero attached hydrogens (tertiary/aromatic N) is 1. The van der Waals surface area contributed by atoms with Crippen LogP contribution in [0.2, 0.25) is 0 Å². The van der Waals surface area contributed by atoms with Crippen LogP contribution in [0.5, 0.6) is 5.75 Å². The first-order valence-corrected chi connectivity index (χ1v) is 5.97. The van der Waals surface area contributed by atoms with Crippen molar-refractivity contribution in [3.05, 3.63) is 29.8 Å². The van der Waals surface area contributed by atoms with Gasteiger partial charge in [0.1, 0.15) is 18.4 Å². The van der Waals surface area contributed by atoms with Gasteiger partial charge in [0.15, 0.2) is 0 Å². The summed E-state index contributed by atoms with van der Waals surface area (Å²) in [5.41, 5.74) is 0.545. The number of carbonyl (C=O) groups excluding carboxylic acids is 1. The molecule has 0 aromatic heterocycles. The second-order valence-corrected chi connectivity index (χ2v) is 5.42. The van der Waals surface area contributed by atoms with Gasteiger partial charge in [0.05, 0.1) is 33.8 Å². The third-order valence-electron chi connectivity index (χ3n) is 2.44. The molecule has 0 amide bonds. The summed E-state index contributed by atoms with van der Waals surface area (Å²) in [6.45, 7) is 2.69. The van der Waals surface area contributed by atoms with Crippen LogP contribution >= 0.6 is 0 Å². The Morgan fingerprint density at radius 3 is 2.16 bits per heavy atom. The van der Waals surface area contributed by atoms with E-state index in [0.717, 1.165) is 16.8 Å². The number of methoxy groups -OCH3 is 1. The summed E-state index contributed by atoms with van der Waals surface area (Å²) in [6, 6.07) is 6.92. The minimum Gasteiger partial charge on any atom is -1.00 e. The Morgan fingerprint density at radius 2 is 1.74 bits per heavy atom. The molecule has 1 unspecified atom stereocenters. The van der Waals surface area contributed by atoms with E-state index in [1.165, 1.54) is 0 Å². The fourth-order valence-electron chi connectivity index (χ4n) is 1.79. The van der Waals surface area contributed by atoms with Gasteiger partial charge >= 0.3 is 5.97 Å². The molecule has 0 aliphatic heterocycles. The van der Waals surface area contributed by atoms with E-state index in [9.17, 15) is 4.79 Å². The number of rotatable bonds is 5. The van der Waals surface area contributed by atoms with E-state index < -0.39 is 0 Å². The van der Waals surface area contributed by atoms with Gasteiger partial charge in [-0.3, -0.25) is 0 Å². The second-order valence-electron chi connectivity index (χ2n) is 5.42. The van der Waals surface area contributed by atoms with E-state index in [1.807, 2.05) is 6.92 Å². The maximum absolute atomic E-state index is 11.9. The highest BCUT2D eigenvalue weighted by Gasteiger charge is 2.18. The zero-order chi connectivity index (χ0) is 13.8. The summed E-state index contributed by atoms with van der Waals surface area (Å²) < 4.78 is 11.2. The predicted octanol–water partition coefficient (Wildman–Crippen LogP) is -1.05. The normalized spacial score (nSPS) is 12.3. The molecule has 0 spiro atoms. The molecule has 1 atom stereocenters. The molecule has 0 fully saturated rings. The SMILES string of the molecule is COc1ccc(C(=O)OC(C)C[N+](C)(C)C)cc1.[I-]. The van der Waals surface area contributed by atoms with Crippen LogP contribution in [0.25, 0.3) is 0 Å². The van der Waals surface area contributed by atoms with Gasteiger partial charge < -0.3 is 37.9 Å². The van der Waals surface area contributed by atoms with Crippen molar-refractivity contribution in [3.63, 3.8) is 0 Å². The molecule has 1 aromatic carbocycles. The van der Waals surface area contributed by atoms with E-state index in [-0.39, 0.29) is 36.0 Å². The second kappa shape index (κ2) is 7.69. The predicted molar refractivity (Wildman–Crippen MR) is 70.8 cm³/mol. The van der Waals surface area contributed by atoms with Crippen LogP contribution in [-0.4, -0.2) is 51.4 Å². The van der Waals surface area contributed by atoms with Gasteiger partial charge in [-0.05, 0) is 31.2 Å². The largest absolute Gasteiger partial charge is 1.00 e. The number of halogens is 1. The number of hydrogen-bond donors (Lipinski definition) is 0. The first-order valence-electron chi connectivity index (χ1n) is 5.97. The van der Waals surface area contributed by atoms with Crippen molar-refractivity contribution in [3.8, 4) is 5.75 Å². The van der Waals surface area contributed by atoms with Crippen LogP contribution < -0.4 is 28.7 Å². The van der Waals surface area contributed by atoms with E-state index in [1.54, 1.807) is 31.4 Å². The van der Waals surface area contributed by atoms with Crippen molar-refractivity contribution >= 4 is 5.97 Å². The van der Waals surface area contributed by atoms with Crippen LogP contribution in [0.15, 0.2) is 24.3 Å². The number of likely N-dealkylation sites (N-methyl/N-ethyl adjacent to an activating group) is 1. The van der Waals surface area contributed by atoms with Gasteiger partial charge in [0.2, 0.25) is 0 Å². The highest BCUT2D eigenvalue weighted by molar-refractivity contribution is 5.89. The van der Waals surface area contributed by atoms with Crippen molar-refractivity contribution < 1.29 is 42.7 Å². The lowest BCUT2D eigenvalue weighted by molar-refractivity contribution is -0.873. The monoisotopic (exact) mass is 379 g/mol. The molecule has 0 heterocycles. The molecular formula is C14H22INO3. The minimum atomic E-state index is -0.293. The highest BCUT2D eigenvalue weighted by atomic mass is 127. The average Bonchev–Trinajstić information content (AvgIpc) is 2.26. The lowest BCUT2D eigenvalue weighted by Gasteiger charge is -2.27. The van der Waals surface area contributed by atoms with Crippen molar-refractivity contribution in [2.45, 2.75) is 13.0 Å². The molecule has 0 aliphatic carbocycles. The number of carbonyl (C=O) groups is 1. The van der Waals surface area contributed by atoms with Gasteiger partial charge in [0.25, 0.3) is 0 Å². The Balaban J connectivity index is 0.00000324. The van der Waals surface area contributed by atoms with Crippen LogP contribution in [0, 0.1) is 0 Å². The lowest BCUT2D eigenvalue weighted by atomic mass is 10.2. The van der Waals surface area contributed by atoms with Gasteiger partial charge in [-0.15, -0.1) is 0 Å². The van der Waals surface area contributed by atoms with Crippen molar-refractivity contribution in [1.82, 2.24) is 0 Å². The van der Waals surface area contributed by atoms with E-state index in [2.05, 4.69) is 21.1 Å². The highest BCUT2D eigenvalue weighted by Crippen LogP contribution is 2.13. The van der Waals surface area contributed by atoms with Crippen molar-refractivity contribution in [2.24, 2.45) is 0 Å². The molecule has 1 rings (SSSR count). The molecule has 19 heavy (non-hydrogen) atoms. The van der Waals surface area contributed by atoms with Crippen LogP contribution in [0.1, 0.15) is 17.3 Å². The summed E-state index contributed by atoms with van der Waals surface area (Å²) in [6.07, 6.45) is -0.111. The van der Waals surface area contributed by atoms with Crippen LogP contribution in [0.3, 0.4) is 0 Å². The number of hydrogen-bond acceptors (Lipinski definition) is 3. The number of benzene rings is 1. The Hall–Kier alpha value is -0.820. The van der Waals surface area contributed by atoms with E-state index in [0.29, 0.717) is 5.56 Å². The number of ether oxygens (including phenoxy) is 2. The lowest BCUT2D eigenvalue weighted by Crippen LogP contribution is -3.00. The molecule has 0 saturated heterocycles. The fourth-order valence-corrected chi connectivity index (χ4v) is 1.79. The summed E-state index contributed by atoms with van der Waals surface area (Å²) in [4.78, 5) is 11.9. The maximum Gasteiger partial charge on any atom is 0.338 e. The molecule has 0 saturated carbocycles. The standard InChI is InChI=1S/C14H22NO3.HI/c1-11(10-15(2,3)4)18-14(16)12-6-8-13(17-5)9-7-12;/h6-9,11H,10H2,1-5H3;1H/q+1;/p-1. The third-order valence-corrected chi connectivity index (χ3v) is 2.44. The zero-order valence-corrected chi connectivity index (χ0v) is 14.3. The molecule has 5 heteroatoms. The van der Waals surface area contributed by atoms with Gasteiger partial charge in [-0.25, -0.2) is 4.79 Å². The average molecular weight is 379 g/mol. The first kappa shape index (κ1) is 18.2. The minimum absolute atomic E-state index is 0. The van der Waals surface area contributed by atoms with Crippen molar-refractivity contribution in [1.29, 1.82) is 0 Å². The fraction of sp³-hybridized carbons (Fsp3) is 0.500. The smallest absolute Gasteiger partial charge is 0.338 e. The van der Waals surface area contributed by atoms with Crippen molar-refractivity contribution in [2.75, 3.05) is 34.8 Å². The molecule has 4 nitrogen and oxygen atoms in total. The van der Waals surface area contributed by atoms with Gasteiger partial charge in [0, 0.05) is 0 Å². The van der Waals surface area contributed by atoms with E-state index >= 15 is 0 Å². The molecule has 0 aliphatic rings. The third kappa shape index (κ3) is 6.77. The van der Waals surface area contributed by atoms with Crippen LogP contribution in [-0.2, 0) is 4.74 Å². The molecule has 0 radical (unpaired) electrons. The maximum atomic E-state index is 11.9. The first-order chi connectivity index (χ1) is 8.31. The summed E-state index contributed by atoms with van der Waals surface area (Å²) in [7, 11) is 7.80. The Labute approximate surface area is 132 Å². The summed E-state index contributed by atoms with van der Waals surface area (Å²) in [5.74, 6) is 0.435. The molecule has 0 N–H and O–H groups in total. The Morgan fingerprint density at radius 1 is 1.21 bits per heavy atom. The zero-order valence-electron chi connectivity index (χ0n) is 12.1. The topological polar surface area (TPSA) is 35.5 Å². The summed E-state index contributed by atoms with van der Waals surface area (Å²) >= 11 is 0. The number of quaternary nitrogens is 1. The summed E-state index contributed by atoms with van der Waals surface area (Å²) in [5, 5.41) is 0. The quantitative estimate of drug-likeness (QED) is 0.372. The molecule has 1 aromatic rings. The van der Waals surface area contributed by atoms with Gasteiger partial charge in [-0.1, -0.05) is 0 Å². The Kier molecular flexibility index (Phi) is 7.36.